The van der Waals surface area contributed by atoms with Crippen molar-refractivity contribution >= 4 is 17.0 Å². The molecular formula is C23H27N3O4. The summed E-state index contributed by atoms with van der Waals surface area (Å²) in [7, 11) is 1.67. The average Bonchev–Trinajstić information content (AvgIpc) is 3.10. The number of para-hydroxylation sites is 3. The molecule has 1 unspecified atom stereocenters. The normalized spacial score (nSPS) is 15.8. The first kappa shape index (κ1) is 20.2. The van der Waals surface area contributed by atoms with Crippen LogP contribution in [0.5, 0.6) is 5.75 Å². The van der Waals surface area contributed by atoms with Crippen molar-refractivity contribution in [3.8, 4) is 5.75 Å². The second-order valence-corrected chi connectivity index (χ2v) is 7.58. The van der Waals surface area contributed by atoms with Gasteiger partial charge in [-0.25, -0.2) is 4.79 Å². The summed E-state index contributed by atoms with van der Waals surface area (Å²) in [4.78, 5) is 27.3. The second kappa shape index (κ2) is 9.17. The van der Waals surface area contributed by atoms with E-state index in [1.807, 2.05) is 24.3 Å². The number of hydrogen-bond acceptors (Lipinski definition) is 5. The number of piperidine rings is 1. The zero-order valence-corrected chi connectivity index (χ0v) is 17.2. The lowest BCUT2D eigenvalue weighted by Crippen LogP contribution is -2.42. The van der Waals surface area contributed by atoms with Gasteiger partial charge in [0, 0.05) is 12.1 Å². The van der Waals surface area contributed by atoms with Crippen molar-refractivity contribution < 1.29 is 13.9 Å². The molecule has 7 nitrogen and oxygen atoms in total. The van der Waals surface area contributed by atoms with Crippen LogP contribution in [0.3, 0.4) is 0 Å². The highest BCUT2D eigenvalue weighted by Gasteiger charge is 2.25. The molecule has 0 spiro atoms. The van der Waals surface area contributed by atoms with E-state index in [9.17, 15) is 9.59 Å². The fraction of sp³-hybridized carbons (Fsp3) is 0.391. The third-order valence-corrected chi connectivity index (χ3v) is 5.70. The van der Waals surface area contributed by atoms with E-state index in [4.69, 9.17) is 9.15 Å². The molecule has 1 aliphatic rings. The lowest BCUT2D eigenvalue weighted by molar-refractivity contribution is -0.122. The van der Waals surface area contributed by atoms with Crippen LogP contribution in [0.4, 0.5) is 0 Å². The number of methoxy groups -OCH3 is 1. The van der Waals surface area contributed by atoms with Gasteiger partial charge in [0.2, 0.25) is 5.91 Å². The summed E-state index contributed by atoms with van der Waals surface area (Å²) in [6, 6.07) is 15.1. The Hall–Kier alpha value is -3.06. The van der Waals surface area contributed by atoms with Crippen LogP contribution in [0.15, 0.2) is 57.7 Å². The minimum atomic E-state index is -0.524. The molecular weight excluding hydrogens is 382 g/mol. The number of rotatable bonds is 7. The van der Waals surface area contributed by atoms with E-state index in [0.717, 1.165) is 37.2 Å². The fourth-order valence-electron chi connectivity index (χ4n) is 4.18. The molecule has 0 saturated carbocycles. The van der Waals surface area contributed by atoms with Gasteiger partial charge in [0.25, 0.3) is 0 Å². The molecule has 1 fully saturated rings. The highest BCUT2D eigenvalue weighted by atomic mass is 16.5. The summed E-state index contributed by atoms with van der Waals surface area (Å²) in [5.74, 6) is 0.0728. The van der Waals surface area contributed by atoms with Gasteiger partial charge in [0.05, 0.1) is 18.7 Å². The van der Waals surface area contributed by atoms with Crippen molar-refractivity contribution in [2.45, 2.75) is 31.8 Å². The molecule has 2 aromatic carbocycles. The number of nitrogens with one attached hydrogen (secondary N) is 1. The van der Waals surface area contributed by atoms with Crippen molar-refractivity contribution in [1.29, 1.82) is 0 Å². The number of amides is 1. The number of carbonyl (C=O) groups is 1. The van der Waals surface area contributed by atoms with Crippen LogP contribution in [0.2, 0.25) is 0 Å². The molecule has 7 heteroatoms. The van der Waals surface area contributed by atoms with Crippen molar-refractivity contribution in [3.63, 3.8) is 0 Å². The van der Waals surface area contributed by atoms with Gasteiger partial charge in [0.1, 0.15) is 12.3 Å². The zero-order valence-electron chi connectivity index (χ0n) is 17.2. The topological polar surface area (TPSA) is 76.7 Å². The molecule has 1 amide bonds. The predicted octanol–water partition coefficient (Wildman–Crippen LogP) is 2.95. The third-order valence-electron chi connectivity index (χ3n) is 5.70. The first-order chi connectivity index (χ1) is 14.7. The molecule has 1 aliphatic heterocycles. The minimum Gasteiger partial charge on any atom is -0.496 e. The van der Waals surface area contributed by atoms with Crippen LogP contribution in [-0.2, 0) is 11.3 Å². The van der Waals surface area contributed by atoms with Crippen LogP contribution < -0.4 is 15.8 Å². The molecule has 1 saturated heterocycles. The maximum atomic E-state index is 12.7. The summed E-state index contributed by atoms with van der Waals surface area (Å²) >= 11 is 0. The summed E-state index contributed by atoms with van der Waals surface area (Å²) in [5.41, 5.74) is 2.17. The molecule has 2 heterocycles. The van der Waals surface area contributed by atoms with Gasteiger partial charge in [0.15, 0.2) is 5.58 Å². The largest absolute Gasteiger partial charge is 0.496 e. The van der Waals surface area contributed by atoms with Crippen LogP contribution in [-0.4, -0.2) is 42.1 Å². The number of hydrogen-bond donors (Lipinski definition) is 1. The van der Waals surface area contributed by atoms with Crippen molar-refractivity contribution in [1.82, 2.24) is 14.8 Å². The highest BCUT2D eigenvalue weighted by Crippen LogP contribution is 2.30. The first-order valence-corrected chi connectivity index (χ1v) is 10.4. The second-order valence-electron chi connectivity index (χ2n) is 7.58. The maximum absolute atomic E-state index is 12.7. The van der Waals surface area contributed by atoms with Gasteiger partial charge in [-0.3, -0.25) is 14.3 Å². The van der Waals surface area contributed by atoms with Crippen molar-refractivity contribution in [3.05, 3.63) is 64.6 Å². The molecule has 1 atom stereocenters. The summed E-state index contributed by atoms with van der Waals surface area (Å²) in [6.07, 6.45) is 3.53. The van der Waals surface area contributed by atoms with E-state index in [0.29, 0.717) is 17.6 Å². The lowest BCUT2D eigenvalue weighted by Gasteiger charge is -2.35. The Kier molecular flexibility index (Phi) is 6.18. The molecule has 1 aromatic heterocycles. The van der Waals surface area contributed by atoms with E-state index >= 15 is 0 Å². The van der Waals surface area contributed by atoms with Gasteiger partial charge < -0.3 is 14.5 Å². The number of oxazole rings is 1. The van der Waals surface area contributed by atoms with Gasteiger partial charge in [-0.05, 0) is 44.1 Å². The van der Waals surface area contributed by atoms with Gasteiger partial charge in [-0.15, -0.1) is 0 Å². The van der Waals surface area contributed by atoms with Gasteiger partial charge in [-0.1, -0.05) is 36.8 Å². The molecule has 3 aromatic rings. The number of aromatic nitrogens is 1. The Labute approximate surface area is 175 Å². The summed E-state index contributed by atoms with van der Waals surface area (Å²) in [5, 5.41) is 3.02. The third kappa shape index (κ3) is 4.26. The number of likely N-dealkylation sites (tertiary alicyclic amines) is 1. The summed E-state index contributed by atoms with van der Waals surface area (Å²) < 4.78 is 12.2. The molecule has 0 aliphatic carbocycles. The van der Waals surface area contributed by atoms with E-state index < -0.39 is 5.76 Å². The van der Waals surface area contributed by atoms with Crippen molar-refractivity contribution in [2.75, 3.05) is 26.7 Å². The van der Waals surface area contributed by atoms with E-state index in [1.54, 1.807) is 25.3 Å². The Bertz CT molecular complexity index is 1070. The number of fused-ring (bicyclic) bond motifs is 1. The van der Waals surface area contributed by atoms with Crippen LogP contribution in [0, 0.1) is 0 Å². The molecule has 0 radical (unpaired) electrons. The molecule has 4 rings (SSSR count). The predicted molar refractivity (Wildman–Crippen MR) is 115 cm³/mol. The first-order valence-electron chi connectivity index (χ1n) is 10.4. The van der Waals surface area contributed by atoms with Crippen LogP contribution in [0.1, 0.15) is 30.9 Å². The Balaban J connectivity index is 1.51. The quantitative estimate of drug-likeness (QED) is 0.649. The number of benzene rings is 2. The monoisotopic (exact) mass is 409 g/mol. The number of carbonyl (C=O) groups excluding carboxylic acids is 1. The maximum Gasteiger partial charge on any atom is 0.420 e. The molecule has 1 N–H and O–H groups in total. The van der Waals surface area contributed by atoms with Gasteiger partial charge >= 0.3 is 5.76 Å². The van der Waals surface area contributed by atoms with Crippen molar-refractivity contribution in [2.24, 2.45) is 0 Å². The van der Waals surface area contributed by atoms with Gasteiger partial charge in [-0.2, -0.15) is 0 Å². The smallest absolute Gasteiger partial charge is 0.420 e. The molecule has 0 bridgehead atoms. The number of nitrogens with zero attached hydrogens (tertiary/aromatic N) is 2. The SMILES string of the molecule is COc1ccccc1C(CNC(=O)Cn1c(=O)oc2ccccc21)N1CCCCC1. The Morgan fingerprint density at radius 2 is 1.83 bits per heavy atom. The van der Waals surface area contributed by atoms with Crippen LogP contribution in [0.25, 0.3) is 11.1 Å². The Morgan fingerprint density at radius 3 is 2.63 bits per heavy atom. The fourth-order valence-corrected chi connectivity index (χ4v) is 4.18. The van der Waals surface area contributed by atoms with E-state index in [2.05, 4.69) is 16.3 Å². The van der Waals surface area contributed by atoms with Crippen LogP contribution >= 0.6 is 0 Å². The van der Waals surface area contributed by atoms with E-state index in [1.165, 1.54) is 11.0 Å². The number of ether oxygens (including phenoxy) is 1. The molecule has 30 heavy (non-hydrogen) atoms. The van der Waals surface area contributed by atoms with E-state index in [-0.39, 0.29) is 18.5 Å². The minimum absolute atomic E-state index is 0.0169. The Morgan fingerprint density at radius 1 is 1.10 bits per heavy atom. The summed E-state index contributed by atoms with van der Waals surface area (Å²) in [6.45, 7) is 2.35. The lowest BCUT2D eigenvalue weighted by atomic mass is 10.0. The average molecular weight is 409 g/mol. The zero-order chi connectivity index (χ0) is 20.9. The standard InChI is InChI=1S/C23H27N3O4/c1-29-20-11-5-3-9-17(20)19(25-13-7-2-8-14-25)15-24-22(27)16-26-18-10-4-6-12-21(18)30-23(26)28/h3-6,9-12,19H,2,7-8,13-16H2,1H3,(H,24,27). The molecule has 158 valence electrons. The highest BCUT2D eigenvalue weighted by molar-refractivity contribution is 5.79.